The largest absolute Gasteiger partial charge is 1.00 e. The molecule has 0 aromatic rings. The van der Waals surface area contributed by atoms with E-state index in [1.54, 1.807) is 0 Å². The maximum absolute atomic E-state index is 11.4. The number of hydrogen-bond donors (Lipinski definition) is 3. The van der Waals surface area contributed by atoms with Gasteiger partial charge in [-0.3, -0.25) is 4.57 Å². The fourth-order valence-corrected chi connectivity index (χ4v) is 5.64. The SMILES string of the molecule is CC(C1CCC(C)(C)CC1)C(O)(P(=O)([O-])[O-])P(=O)(O)O.[Na+].[Na+]. The van der Waals surface area contributed by atoms with Gasteiger partial charge in [-0.05, 0) is 44.6 Å². The predicted octanol–water partition coefficient (Wildman–Crippen LogP) is -5.42. The molecule has 0 bridgehead atoms. The first-order chi connectivity index (χ1) is 8.72. The molecule has 0 aromatic heterocycles. The minimum absolute atomic E-state index is 0. The van der Waals surface area contributed by atoms with Crippen LogP contribution in [0, 0.1) is 17.3 Å². The zero-order chi connectivity index (χ0) is 16.0. The van der Waals surface area contributed by atoms with Crippen LogP contribution in [-0.2, 0) is 9.13 Å². The molecule has 1 aliphatic rings. The van der Waals surface area contributed by atoms with Crippen molar-refractivity contribution in [2.24, 2.45) is 17.3 Å². The summed E-state index contributed by atoms with van der Waals surface area (Å²) in [6.45, 7) is 5.33. The minimum atomic E-state index is -5.87. The Labute approximate surface area is 175 Å². The Hall–Kier alpha value is 2.26. The van der Waals surface area contributed by atoms with Crippen molar-refractivity contribution in [3.8, 4) is 0 Å². The Bertz CT molecular complexity index is 427. The van der Waals surface area contributed by atoms with Crippen molar-refractivity contribution in [3.63, 3.8) is 0 Å². The molecule has 1 saturated carbocycles. The Morgan fingerprint density at radius 1 is 1.14 bits per heavy atom. The van der Waals surface area contributed by atoms with Gasteiger partial charge in [0.15, 0.2) is 5.08 Å². The molecule has 1 fully saturated rings. The zero-order valence-corrected chi connectivity index (χ0v) is 19.6. The zero-order valence-electron chi connectivity index (χ0n) is 13.9. The third-order valence-corrected chi connectivity index (χ3v) is 8.53. The number of aliphatic hydroxyl groups is 1. The van der Waals surface area contributed by atoms with Gasteiger partial charge in [0.25, 0.3) is 0 Å². The maximum Gasteiger partial charge on any atom is 1.00 e. The van der Waals surface area contributed by atoms with Crippen LogP contribution in [0.25, 0.3) is 0 Å². The fourth-order valence-electron chi connectivity index (χ4n) is 2.91. The third-order valence-electron chi connectivity index (χ3n) is 4.53. The van der Waals surface area contributed by atoms with Crippen LogP contribution in [0.5, 0.6) is 0 Å². The molecule has 22 heavy (non-hydrogen) atoms. The second kappa shape index (κ2) is 8.77. The molecule has 7 nitrogen and oxygen atoms in total. The third kappa shape index (κ3) is 5.63. The Kier molecular flexibility index (Phi) is 10.6. The van der Waals surface area contributed by atoms with Crippen LogP contribution in [0.4, 0.5) is 0 Å². The van der Waals surface area contributed by atoms with E-state index < -0.39 is 32.1 Å². The Morgan fingerprint density at radius 2 is 1.50 bits per heavy atom. The minimum Gasteiger partial charge on any atom is -0.808 e. The van der Waals surface area contributed by atoms with Crippen molar-refractivity contribution in [3.05, 3.63) is 0 Å². The van der Waals surface area contributed by atoms with E-state index in [0.717, 1.165) is 12.8 Å². The van der Waals surface area contributed by atoms with Gasteiger partial charge >= 0.3 is 66.7 Å². The molecule has 2 unspecified atom stereocenters. The van der Waals surface area contributed by atoms with E-state index in [1.807, 2.05) is 0 Å². The Morgan fingerprint density at radius 3 is 1.77 bits per heavy atom. The van der Waals surface area contributed by atoms with Crippen molar-refractivity contribution in [1.29, 1.82) is 0 Å². The first-order valence-electron chi connectivity index (χ1n) is 6.52. The predicted molar refractivity (Wildman–Crippen MR) is 69.5 cm³/mol. The maximum atomic E-state index is 11.4. The summed E-state index contributed by atoms with van der Waals surface area (Å²) in [5.41, 5.74) is 0.0785. The molecular formula is C11H22Na2O7P2. The smallest absolute Gasteiger partial charge is 0.808 e. The molecular weight excluding hydrogens is 352 g/mol. The molecule has 0 heterocycles. The van der Waals surface area contributed by atoms with E-state index >= 15 is 0 Å². The van der Waals surface area contributed by atoms with E-state index in [9.17, 15) is 24.0 Å². The Balaban J connectivity index is 0. The fraction of sp³-hybridized carbons (Fsp3) is 1.00. The van der Waals surface area contributed by atoms with E-state index in [-0.39, 0.29) is 64.5 Å². The van der Waals surface area contributed by atoms with Crippen LogP contribution in [0.1, 0.15) is 46.5 Å². The van der Waals surface area contributed by atoms with Gasteiger partial charge in [0.1, 0.15) is 0 Å². The summed E-state index contributed by atoms with van der Waals surface area (Å²) >= 11 is 0. The van der Waals surface area contributed by atoms with Crippen molar-refractivity contribution in [2.45, 2.75) is 51.5 Å². The monoisotopic (exact) mass is 374 g/mol. The summed E-state index contributed by atoms with van der Waals surface area (Å²) in [4.78, 5) is 40.8. The van der Waals surface area contributed by atoms with Gasteiger partial charge in [-0.1, -0.05) is 20.8 Å². The molecule has 0 aromatic carbocycles. The molecule has 0 spiro atoms. The average molecular weight is 374 g/mol. The van der Waals surface area contributed by atoms with Gasteiger partial charge in [0, 0.05) is 5.92 Å². The van der Waals surface area contributed by atoms with Gasteiger partial charge in [-0.15, -0.1) is 0 Å². The molecule has 0 radical (unpaired) electrons. The molecule has 3 N–H and O–H groups in total. The summed E-state index contributed by atoms with van der Waals surface area (Å²) in [5, 5.41) is 6.46. The van der Waals surface area contributed by atoms with Crippen LogP contribution < -0.4 is 68.9 Å². The quantitative estimate of drug-likeness (QED) is 0.329. The molecule has 2 atom stereocenters. The van der Waals surface area contributed by atoms with Gasteiger partial charge in [-0.2, -0.15) is 0 Å². The molecule has 1 aliphatic carbocycles. The molecule has 11 heteroatoms. The van der Waals surface area contributed by atoms with E-state index in [0.29, 0.717) is 12.8 Å². The van der Waals surface area contributed by atoms with Crippen LogP contribution in [-0.4, -0.2) is 20.0 Å². The first kappa shape index (κ1) is 26.5. The summed E-state index contributed by atoms with van der Waals surface area (Å²) in [7, 11) is -11.4. The molecule has 0 amide bonds. The van der Waals surface area contributed by atoms with E-state index in [2.05, 4.69) is 13.8 Å². The van der Waals surface area contributed by atoms with Crippen LogP contribution in [0.15, 0.2) is 0 Å². The topological polar surface area (TPSA) is 141 Å². The van der Waals surface area contributed by atoms with Gasteiger partial charge < -0.3 is 29.2 Å². The van der Waals surface area contributed by atoms with Gasteiger partial charge in [0.2, 0.25) is 0 Å². The normalized spacial score (nSPS) is 23.6. The van der Waals surface area contributed by atoms with Gasteiger partial charge in [0.05, 0.1) is 0 Å². The van der Waals surface area contributed by atoms with Crippen molar-refractivity contribution < 1.29 is 92.9 Å². The van der Waals surface area contributed by atoms with Crippen molar-refractivity contribution in [1.82, 2.24) is 0 Å². The molecule has 0 saturated heterocycles. The van der Waals surface area contributed by atoms with Crippen molar-refractivity contribution >= 4 is 15.2 Å². The van der Waals surface area contributed by atoms with Crippen molar-refractivity contribution in [2.75, 3.05) is 0 Å². The summed E-state index contributed by atoms with van der Waals surface area (Å²) in [5.74, 6) is -1.71. The molecule has 120 valence electrons. The first-order valence-corrected chi connectivity index (χ1v) is 9.68. The summed E-state index contributed by atoms with van der Waals surface area (Å²) in [6.07, 6.45) is 2.55. The second-order valence-electron chi connectivity index (χ2n) is 6.52. The summed E-state index contributed by atoms with van der Waals surface area (Å²) < 4.78 is 22.6. The van der Waals surface area contributed by atoms with Crippen LogP contribution >= 0.6 is 15.2 Å². The van der Waals surface area contributed by atoms with E-state index in [1.165, 1.54) is 6.92 Å². The van der Waals surface area contributed by atoms with Crippen LogP contribution in [0.2, 0.25) is 0 Å². The average Bonchev–Trinajstić information content (AvgIpc) is 2.24. The number of rotatable bonds is 4. The second-order valence-corrected chi connectivity index (χ2v) is 10.3. The molecule has 1 rings (SSSR count). The van der Waals surface area contributed by atoms with E-state index in [4.69, 9.17) is 9.79 Å². The summed E-state index contributed by atoms with van der Waals surface area (Å²) in [6, 6.07) is 0. The van der Waals surface area contributed by atoms with Crippen LogP contribution in [0.3, 0.4) is 0 Å². The molecule has 0 aliphatic heterocycles. The standard InChI is InChI=1S/C11H24O7P2.2Na/c1-8(9-4-6-10(2,3)7-5-9)11(12,19(13,14)15)20(16,17)18;;/h8-9,12H,4-7H2,1-3H3,(H2,13,14,15)(H2,16,17,18);;/q;2*+1/p-2. The number of hydrogen-bond acceptors (Lipinski definition) is 5. The van der Waals surface area contributed by atoms with Gasteiger partial charge in [-0.25, -0.2) is 0 Å².